The number of H-pyrrole nitrogens is 1. The van der Waals surface area contributed by atoms with Gasteiger partial charge in [0.15, 0.2) is 0 Å². The molecule has 3 heterocycles. The second-order valence-corrected chi connectivity index (χ2v) is 8.45. The molecule has 162 valence electrons. The number of nitrogens with one attached hydrogen (secondary N) is 2. The first-order chi connectivity index (χ1) is 15.1. The first-order valence-electron chi connectivity index (χ1n) is 10.7. The third kappa shape index (κ3) is 3.83. The van der Waals surface area contributed by atoms with Gasteiger partial charge < -0.3 is 20.4 Å². The van der Waals surface area contributed by atoms with Gasteiger partial charge in [-0.15, -0.1) is 0 Å². The SMILES string of the molecule is O=C(c1c(O)cc(O)cc1Nc1ccnn1CC1CCCCC1)N1Cc2cn[nH]c2C1. The number of aromatic nitrogens is 4. The van der Waals surface area contributed by atoms with Crippen LogP contribution in [0, 0.1) is 5.92 Å². The lowest BCUT2D eigenvalue weighted by Gasteiger charge is -2.23. The minimum atomic E-state index is -0.317. The van der Waals surface area contributed by atoms with Gasteiger partial charge in [0, 0.05) is 36.9 Å². The number of amides is 1. The van der Waals surface area contributed by atoms with Crippen molar-refractivity contribution >= 4 is 17.4 Å². The quantitative estimate of drug-likeness (QED) is 0.500. The van der Waals surface area contributed by atoms with Crippen LogP contribution in [0.3, 0.4) is 0 Å². The smallest absolute Gasteiger partial charge is 0.260 e. The maximum Gasteiger partial charge on any atom is 0.260 e. The van der Waals surface area contributed by atoms with Crippen molar-refractivity contribution < 1.29 is 15.0 Å². The molecule has 9 heteroatoms. The van der Waals surface area contributed by atoms with Gasteiger partial charge in [0.05, 0.1) is 30.3 Å². The lowest BCUT2D eigenvalue weighted by atomic mass is 9.89. The van der Waals surface area contributed by atoms with Gasteiger partial charge in [0.2, 0.25) is 0 Å². The van der Waals surface area contributed by atoms with Crippen LogP contribution in [0.25, 0.3) is 0 Å². The van der Waals surface area contributed by atoms with E-state index in [1.807, 2.05) is 10.7 Å². The molecule has 31 heavy (non-hydrogen) atoms. The van der Waals surface area contributed by atoms with Crippen LogP contribution in [0.4, 0.5) is 11.5 Å². The van der Waals surface area contributed by atoms with Crippen LogP contribution in [-0.2, 0) is 19.6 Å². The molecule has 2 aromatic heterocycles. The Morgan fingerprint density at radius 2 is 2.03 bits per heavy atom. The molecule has 3 aromatic rings. The van der Waals surface area contributed by atoms with Gasteiger partial charge in [0.1, 0.15) is 22.9 Å². The van der Waals surface area contributed by atoms with Crippen LogP contribution < -0.4 is 5.32 Å². The molecule has 2 aliphatic rings. The number of carbonyl (C=O) groups is 1. The van der Waals surface area contributed by atoms with Gasteiger partial charge in [-0.3, -0.25) is 9.89 Å². The van der Waals surface area contributed by atoms with Crippen molar-refractivity contribution in [3.8, 4) is 11.5 Å². The summed E-state index contributed by atoms with van der Waals surface area (Å²) < 4.78 is 1.90. The molecule has 9 nitrogen and oxygen atoms in total. The summed E-state index contributed by atoms with van der Waals surface area (Å²) in [5, 5.41) is 35.2. The van der Waals surface area contributed by atoms with Crippen molar-refractivity contribution in [2.24, 2.45) is 5.92 Å². The van der Waals surface area contributed by atoms with Crippen molar-refractivity contribution in [1.29, 1.82) is 0 Å². The number of aromatic amines is 1. The van der Waals surface area contributed by atoms with Crippen molar-refractivity contribution in [3.63, 3.8) is 0 Å². The van der Waals surface area contributed by atoms with Gasteiger partial charge in [-0.2, -0.15) is 10.2 Å². The summed E-state index contributed by atoms with van der Waals surface area (Å²) >= 11 is 0. The highest BCUT2D eigenvalue weighted by molar-refractivity contribution is 6.03. The number of hydrogen-bond donors (Lipinski definition) is 4. The standard InChI is InChI=1S/C22H26N6O3/c29-16-8-17(25-20-6-7-24-28(20)11-14-4-2-1-3-5-14)21(19(30)9-16)22(31)27-12-15-10-23-26-18(15)13-27/h6-10,14,25,29-30H,1-5,11-13H2,(H,23,26). The van der Waals surface area contributed by atoms with Crippen molar-refractivity contribution in [3.05, 3.63) is 47.4 Å². The third-order valence-corrected chi connectivity index (χ3v) is 6.26. The largest absolute Gasteiger partial charge is 0.508 e. The fourth-order valence-corrected chi connectivity index (χ4v) is 4.64. The van der Waals surface area contributed by atoms with E-state index < -0.39 is 0 Å². The van der Waals surface area contributed by atoms with Crippen molar-refractivity contribution in [1.82, 2.24) is 24.9 Å². The topological polar surface area (TPSA) is 119 Å². The van der Waals surface area contributed by atoms with E-state index in [2.05, 4.69) is 20.6 Å². The van der Waals surface area contributed by atoms with Crippen LogP contribution in [0.15, 0.2) is 30.6 Å². The summed E-state index contributed by atoms with van der Waals surface area (Å²) in [6.45, 7) is 1.62. The first-order valence-corrected chi connectivity index (χ1v) is 10.7. The number of aromatic hydroxyl groups is 2. The molecule has 1 amide bonds. The van der Waals surface area contributed by atoms with E-state index in [4.69, 9.17) is 0 Å². The Hall–Kier alpha value is -3.49. The highest BCUT2D eigenvalue weighted by Crippen LogP contribution is 2.36. The Morgan fingerprint density at radius 1 is 1.19 bits per heavy atom. The number of benzene rings is 1. The molecule has 0 radical (unpaired) electrons. The van der Waals surface area contributed by atoms with Crippen LogP contribution in [0.1, 0.15) is 53.7 Å². The molecular formula is C22H26N6O3. The predicted octanol–water partition coefficient (Wildman–Crippen LogP) is 3.50. The Kier molecular flexibility index (Phi) is 5.01. The van der Waals surface area contributed by atoms with Crippen LogP contribution in [0.5, 0.6) is 11.5 Å². The Bertz CT molecular complexity index is 1080. The average Bonchev–Trinajstić information content (AvgIpc) is 3.45. The number of anilines is 2. The average molecular weight is 422 g/mol. The highest BCUT2D eigenvalue weighted by atomic mass is 16.3. The molecule has 1 aliphatic carbocycles. The van der Waals surface area contributed by atoms with Crippen molar-refractivity contribution in [2.45, 2.75) is 51.7 Å². The molecule has 0 bridgehead atoms. The molecule has 0 spiro atoms. The molecule has 1 aliphatic heterocycles. The van der Waals surface area contributed by atoms with Gasteiger partial charge in [-0.25, -0.2) is 4.68 Å². The molecule has 0 saturated heterocycles. The normalized spacial score (nSPS) is 16.5. The Morgan fingerprint density at radius 3 is 2.84 bits per heavy atom. The Labute approximate surface area is 179 Å². The zero-order valence-electron chi connectivity index (χ0n) is 17.2. The summed E-state index contributed by atoms with van der Waals surface area (Å²) in [7, 11) is 0. The van der Waals surface area contributed by atoms with Crippen LogP contribution in [0.2, 0.25) is 0 Å². The third-order valence-electron chi connectivity index (χ3n) is 6.26. The molecule has 1 aromatic carbocycles. The maximum absolute atomic E-state index is 13.3. The molecule has 1 saturated carbocycles. The summed E-state index contributed by atoms with van der Waals surface area (Å²) in [6.07, 6.45) is 9.62. The molecule has 1 fully saturated rings. The summed E-state index contributed by atoms with van der Waals surface area (Å²) in [5.74, 6) is 0.605. The minimum absolute atomic E-state index is 0.120. The highest BCUT2D eigenvalue weighted by Gasteiger charge is 2.30. The van der Waals surface area contributed by atoms with Gasteiger partial charge >= 0.3 is 0 Å². The second-order valence-electron chi connectivity index (χ2n) is 8.45. The van der Waals surface area contributed by atoms with Crippen LogP contribution >= 0.6 is 0 Å². The monoisotopic (exact) mass is 422 g/mol. The lowest BCUT2D eigenvalue weighted by molar-refractivity contribution is 0.0747. The lowest BCUT2D eigenvalue weighted by Crippen LogP contribution is -2.26. The van der Waals surface area contributed by atoms with E-state index >= 15 is 0 Å². The molecule has 0 unspecified atom stereocenters. The molecule has 5 rings (SSSR count). The Balaban J connectivity index is 1.41. The van der Waals surface area contributed by atoms with Gasteiger partial charge in [-0.1, -0.05) is 19.3 Å². The number of rotatable bonds is 5. The summed E-state index contributed by atoms with van der Waals surface area (Å²) in [5.41, 5.74) is 2.33. The van der Waals surface area contributed by atoms with E-state index in [1.54, 1.807) is 17.3 Å². The zero-order chi connectivity index (χ0) is 21.4. The second kappa shape index (κ2) is 7.98. The number of phenolic OH excluding ortho intramolecular Hbond substituents is 2. The van der Waals surface area contributed by atoms with Gasteiger partial charge in [-0.05, 0) is 18.8 Å². The number of nitrogens with zero attached hydrogens (tertiary/aromatic N) is 4. The van der Waals surface area contributed by atoms with E-state index in [0.717, 1.165) is 23.6 Å². The maximum atomic E-state index is 13.3. The summed E-state index contributed by atoms with van der Waals surface area (Å²) in [6, 6.07) is 4.49. The predicted molar refractivity (Wildman–Crippen MR) is 114 cm³/mol. The van der Waals surface area contributed by atoms with E-state index in [-0.39, 0.29) is 23.0 Å². The zero-order valence-corrected chi connectivity index (χ0v) is 17.2. The fourth-order valence-electron chi connectivity index (χ4n) is 4.64. The van der Waals surface area contributed by atoms with Crippen LogP contribution in [-0.4, -0.2) is 41.0 Å². The summed E-state index contributed by atoms with van der Waals surface area (Å²) in [4.78, 5) is 14.9. The minimum Gasteiger partial charge on any atom is -0.508 e. The van der Waals surface area contributed by atoms with Gasteiger partial charge in [0.25, 0.3) is 5.91 Å². The van der Waals surface area contributed by atoms with E-state index in [0.29, 0.717) is 24.7 Å². The fraction of sp³-hybridized carbons (Fsp3) is 0.409. The molecule has 4 N–H and O–H groups in total. The van der Waals surface area contributed by atoms with E-state index in [9.17, 15) is 15.0 Å². The number of hydrogen-bond acceptors (Lipinski definition) is 6. The number of carbonyl (C=O) groups excluding carboxylic acids is 1. The molecule has 0 atom stereocenters. The van der Waals surface area contributed by atoms with Crippen molar-refractivity contribution in [2.75, 3.05) is 5.32 Å². The van der Waals surface area contributed by atoms with E-state index in [1.165, 1.54) is 44.2 Å². The first kappa shape index (κ1) is 19.5. The molecular weight excluding hydrogens is 396 g/mol. The number of fused-ring (bicyclic) bond motifs is 1. The number of phenols is 2.